The van der Waals surface area contributed by atoms with Gasteiger partial charge in [0.15, 0.2) is 5.96 Å². The van der Waals surface area contributed by atoms with Gasteiger partial charge in [0.25, 0.3) is 5.91 Å². The van der Waals surface area contributed by atoms with Gasteiger partial charge in [-0.25, -0.2) is 4.99 Å². The Morgan fingerprint density at radius 1 is 1.22 bits per heavy atom. The zero-order valence-electron chi connectivity index (χ0n) is 19.2. The first-order valence-corrected chi connectivity index (χ1v) is 11.3. The minimum Gasteiger partial charge on any atom is -0.489 e. The minimum absolute atomic E-state index is 0.0173. The Kier molecular flexibility index (Phi) is 8.92. The van der Waals surface area contributed by atoms with Crippen molar-refractivity contribution in [2.75, 3.05) is 25.0 Å². The van der Waals surface area contributed by atoms with Crippen molar-refractivity contribution in [2.45, 2.75) is 52.4 Å². The van der Waals surface area contributed by atoms with Gasteiger partial charge >= 0.3 is 0 Å². The third kappa shape index (κ3) is 7.27. The molecule has 7 nitrogen and oxygen atoms in total. The Hall–Kier alpha value is -3.06. The predicted molar refractivity (Wildman–Crippen MR) is 128 cm³/mol. The molecule has 0 spiro atoms. The second-order valence-corrected chi connectivity index (χ2v) is 7.96. The molecule has 0 aliphatic carbocycles. The minimum atomic E-state index is -0.342. The molecule has 0 bridgehead atoms. The molecule has 1 amide bonds. The Balaban J connectivity index is 1.53. The molecular weight excluding hydrogens is 404 g/mol. The van der Waals surface area contributed by atoms with E-state index in [2.05, 4.69) is 20.9 Å². The maximum Gasteiger partial charge on any atom is 0.253 e. The highest BCUT2D eigenvalue weighted by molar-refractivity contribution is 5.94. The SMILES string of the molecule is CCNC(=NCc1cccc(NC(=O)C2CCCO2)c1)NCC(C)Oc1ccccc1C. The third-order valence-corrected chi connectivity index (χ3v) is 5.16. The van der Waals surface area contributed by atoms with Crippen LogP contribution in [-0.4, -0.2) is 43.8 Å². The van der Waals surface area contributed by atoms with Gasteiger partial charge < -0.3 is 25.4 Å². The van der Waals surface area contributed by atoms with Crippen molar-refractivity contribution >= 4 is 17.6 Å². The Morgan fingerprint density at radius 3 is 2.81 bits per heavy atom. The molecule has 0 saturated carbocycles. The number of hydrogen-bond acceptors (Lipinski definition) is 4. The number of benzene rings is 2. The number of aryl methyl sites for hydroxylation is 1. The molecule has 3 rings (SSSR count). The topological polar surface area (TPSA) is 84.0 Å². The van der Waals surface area contributed by atoms with E-state index in [1.807, 2.05) is 69.3 Å². The van der Waals surface area contributed by atoms with Crippen molar-refractivity contribution in [2.24, 2.45) is 4.99 Å². The van der Waals surface area contributed by atoms with E-state index < -0.39 is 0 Å². The fraction of sp³-hybridized carbons (Fsp3) is 0.440. The molecule has 0 aromatic heterocycles. The van der Waals surface area contributed by atoms with Gasteiger partial charge in [0.2, 0.25) is 0 Å². The number of carbonyl (C=O) groups excluding carboxylic acids is 1. The van der Waals surface area contributed by atoms with Gasteiger partial charge in [-0.15, -0.1) is 0 Å². The first-order chi connectivity index (χ1) is 15.5. The highest BCUT2D eigenvalue weighted by atomic mass is 16.5. The van der Waals surface area contributed by atoms with Crippen molar-refractivity contribution in [3.8, 4) is 5.75 Å². The number of nitrogens with one attached hydrogen (secondary N) is 3. The van der Waals surface area contributed by atoms with Gasteiger partial charge in [0, 0.05) is 18.8 Å². The summed E-state index contributed by atoms with van der Waals surface area (Å²) in [5.41, 5.74) is 2.89. The summed E-state index contributed by atoms with van der Waals surface area (Å²) in [5.74, 6) is 1.54. The van der Waals surface area contributed by atoms with Crippen molar-refractivity contribution in [1.82, 2.24) is 10.6 Å². The van der Waals surface area contributed by atoms with Crippen molar-refractivity contribution < 1.29 is 14.3 Å². The highest BCUT2D eigenvalue weighted by Gasteiger charge is 2.23. The number of rotatable bonds is 9. The second kappa shape index (κ2) is 12.1. The molecule has 172 valence electrons. The van der Waals surface area contributed by atoms with Gasteiger partial charge in [-0.05, 0) is 62.9 Å². The van der Waals surface area contributed by atoms with E-state index in [0.29, 0.717) is 19.7 Å². The van der Waals surface area contributed by atoms with Crippen LogP contribution in [0, 0.1) is 6.92 Å². The van der Waals surface area contributed by atoms with Crippen LogP contribution in [0.15, 0.2) is 53.5 Å². The van der Waals surface area contributed by atoms with Gasteiger partial charge in [-0.1, -0.05) is 30.3 Å². The van der Waals surface area contributed by atoms with Gasteiger partial charge in [-0.3, -0.25) is 4.79 Å². The summed E-state index contributed by atoms with van der Waals surface area (Å²) in [6.45, 7) is 8.63. The maximum absolute atomic E-state index is 12.3. The number of carbonyl (C=O) groups is 1. The fourth-order valence-electron chi connectivity index (χ4n) is 3.45. The predicted octanol–water partition coefficient (Wildman–Crippen LogP) is 3.64. The van der Waals surface area contributed by atoms with E-state index in [1.54, 1.807) is 0 Å². The summed E-state index contributed by atoms with van der Waals surface area (Å²) in [4.78, 5) is 17.0. The molecule has 32 heavy (non-hydrogen) atoms. The Labute approximate surface area is 190 Å². The van der Waals surface area contributed by atoms with Crippen LogP contribution in [0.3, 0.4) is 0 Å². The standard InChI is InChI=1S/C25H34N4O3/c1-4-26-25(27-16-19(3)32-22-12-6-5-9-18(22)2)28-17-20-10-7-11-21(15-20)29-24(30)23-13-8-14-31-23/h5-7,9-12,15,19,23H,4,8,13-14,16-17H2,1-3H3,(H,29,30)(H2,26,27,28). The quantitative estimate of drug-likeness (QED) is 0.411. The number of guanidine groups is 1. The molecule has 7 heteroatoms. The van der Waals surface area contributed by atoms with Crippen molar-refractivity contribution in [3.63, 3.8) is 0 Å². The van der Waals surface area contributed by atoms with Crippen LogP contribution in [0.4, 0.5) is 5.69 Å². The lowest BCUT2D eigenvalue weighted by Crippen LogP contribution is -2.41. The number of para-hydroxylation sites is 1. The van der Waals surface area contributed by atoms with Crippen LogP contribution in [0.5, 0.6) is 5.75 Å². The molecule has 1 saturated heterocycles. The molecule has 2 unspecified atom stereocenters. The van der Waals surface area contributed by atoms with E-state index in [4.69, 9.17) is 9.47 Å². The van der Waals surface area contributed by atoms with Crippen LogP contribution in [0.2, 0.25) is 0 Å². The van der Waals surface area contributed by atoms with Gasteiger partial charge in [0.05, 0.1) is 13.1 Å². The van der Waals surface area contributed by atoms with E-state index in [0.717, 1.165) is 47.9 Å². The number of amides is 1. The van der Waals surface area contributed by atoms with E-state index in [-0.39, 0.29) is 18.1 Å². The van der Waals surface area contributed by atoms with Crippen LogP contribution in [-0.2, 0) is 16.1 Å². The number of nitrogens with zero attached hydrogens (tertiary/aromatic N) is 1. The summed E-state index contributed by atoms with van der Waals surface area (Å²) >= 11 is 0. The van der Waals surface area contributed by atoms with Crippen LogP contribution >= 0.6 is 0 Å². The average Bonchev–Trinajstić information content (AvgIpc) is 3.33. The fourth-order valence-corrected chi connectivity index (χ4v) is 3.45. The van der Waals surface area contributed by atoms with Crippen LogP contribution < -0.4 is 20.7 Å². The lowest BCUT2D eigenvalue weighted by Gasteiger charge is -2.18. The summed E-state index contributed by atoms with van der Waals surface area (Å²) in [6.07, 6.45) is 1.35. The number of aliphatic imine (C=N–C) groups is 1. The summed E-state index contributed by atoms with van der Waals surface area (Å²) in [5, 5.41) is 9.55. The zero-order chi connectivity index (χ0) is 22.8. The normalized spacial score (nSPS) is 17.0. The first-order valence-electron chi connectivity index (χ1n) is 11.3. The average molecular weight is 439 g/mol. The van der Waals surface area contributed by atoms with Crippen LogP contribution in [0.25, 0.3) is 0 Å². The van der Waals surface area contributed by atoms with Crippen LogP contribution in [0.1, 0.15) is 37.8 Å². The van der Waals surface area contributed by atoms with E-state index in [1.165, 1.54) is 0 Å². The number of anilines is 1. The molecule has 1 aliphatic rings. The molecule has 0 radical (unpaired) electrons. The Morgan fingerprint density at radius 2 is 2.06 bits per heavy atom. The van der Waals surface area contributed by atoms with E-state index in [9.17, 15) is 4.79 Å². The smallest absolute Gasteiger partial charge is 0.253 e. The van der Waals surface area contributed by atoms with Crippen molar-refractivity contribution in [3.05, 3.63) is 59.7 Å². The molecule has 1 aliphatic heterocycles. The largest absolute Gasteiger partial charge is 0.489 e. The van der Waals surface area contributed by atoms with Gasteiger partial charge in [-0.2, -0.15) is 0 Å². The monoisotopic (exact) mass is 438 g/mol. The lowest BCUT2D eigenvalue weighted by molar-refractivity contribution is -0.124. The van der Waals surface area contributed by atoms with Crippen molar-refractivity contribution in [1.29, 1.82) is 0 Å². The lowest BCUT2D eigenvalue weighted by atomic mass is 10.2. The molecule has 1 heterocycles. The van der Waals surface area contributed by atoms with Gasteiger partial charge in [0.1, 0.15) is 18.0 Å². The molecule has 2 atom stereocenters. The summed E-state index contributed by atoms with van der Waals surface area (Å²) in [7, 11) is 0. The Bertz CT molecular complexity index is 910. The first kappa shape index (κ1) is 23.6. The molecule has 2 aromatic carbocycles. The molecule has 3 N–H and O–H groups in total. The maximum atomic E-state index is 12.3. The number of hydrogen-bond donors (Lipinski definition) is 3. The zero-order valence-corrected chi connectivity index (χ0v) is 19.2. The molecule has 1 fully saturated rings. The summed E-state index contributed by atoms with van der Waals surface area (Å²) < 4.78 is 11.5. The number of ether oxygens (including phenoxy) is 2. The highest BCUT2D eigenvalue weighted by Crippen LogP contribution is 2.18. The molecule has 2 aromatic rings. The second-order valence-electron chi connectivity index (χ2n) is 7.96. The summed E-state index contributed by atoms with van der Waals surface area (Å²) in [6, 6.07) is 15.8. The third-order valence-electron chi connectivity index (χ3n) is 5.16. The van der Waals surface area contributed by atoms with E-state index >= 15 is 0 Å². The molecular formula is C25H34N4O3.